The summed E-state index contributed by atoms with van der Waals surface area (Å²) < 4.78 is 10.6. The highest BCUT2D eigenvalue weighted by Crippen LogP contribution is 2.36. The van der Waals surface area contributed by atoms with Crippen molar-refractivity contribution in [3.8, 4) is 22.1 Å². The molecule has 1 aromatic heterocycles. The largest absolute Gasteiger partial charge is 0.480 e. The minimum Gasteiger partial charge on any atom is -0.480 e. The first-order valence-electron chi connectivity index (χ1n) is 7.80. The topological polar surface area (TPSA) is 97.8 Å². The molecule has 1 aromatic carbocycles. The maximum atomic E-state index is 12.1. The van der Waals surface area contributed by atoms with E-state index in [1.165, 1.54) is 11.3 Å². The summed E-state index contributed by atoms with van der Waals surface area (Å²) in [5.41, 5.74) is 1.48. The van der Waals surface area contributed by atoms with Gasteiger partial charge in [0.1, 0.15) is 11.0 Å². The van der Waals surface area contributed by atoms with Crippen molar-refractivity contribution in [2.45, 2.75) is 26.3 Å². The molecule has 0 saturated carbocycles. The number of thiazole rings is 1. The van der Waals surface area contributed by atoms with Gasteiger partial charge >= 0.3 is 5.97 Å². The van der Waals surface area contributed by atoms with Gasteiger partial charge in [0.25, 0.3) is 0 Å². The second-order valence-electron chi connectivity index (χ2n) is 6.02. The third-order valence-electron chi connectivity index (χ3n) is 3.76. The van der Waals surface area contributed by atoms with Crippen LogP contribution in [0, 0.1) is 5.92 Å². The molecule has 1 amide bonds. The van der Waals surface area contributed by atoms with Gasteiger partial charge in [0.05, 0.1) is 12.1 Å². The van der Waals surface area contributed by atoms with E-state index in [0.717, 1.165) is 10.6 Å². The summed E-state index contributed by atoms with van der Waals surface area (Å²) in [5.74, 6) is -0.214. The van der Waals surface area contributed by atoms with Crippen molar-refractivity contribution in [1.82, 2.24) is 10.3 Å². The van der Waals surface area contributed by atoms with Gasteiger partial charge in [-0.25, -0.2) is 9.78 Å². The molecule has 0 fully saturated rings. The van der Waals surface area contributed by atoms with Crippen molar-refractivity contribution in [2.24, 2.45) is 5.92 Å². The Morgan fingerprint density at radius 2 is 2.08 bits per heavy atom. The minimum absolute atomic E-state index is 0.0392. The monoisotopic (exact) mass is 362 g/mol. The Kier molecular flexibility index (Phi) is 4.89. The van der Waals surface area contributed by atoms with E-state index < -0.39 is 12.0 Å². The van der Waals surface area contributed by atoms with Crippen molar-refractivity contribution in [2.75, 3.05) is 6.79 Å². The third kappa shape index (κ3) is 3.90. The molecule has 8 heteroatoms. The van der Waals surface area contributed by atoms with Gasteiger partial charge in [-0.3, -0.25) is 4.79 Å². The molecular weight excluding hydrogens is 344 g/mol. The summed E-state index contributed by atoms with van der Waals surface area (Å²) >= 11 is 1.42. The van der Waals surface area contributed by atoms with E-state index in [0.29, 0.717) is 17.2 Å². The lowest BCUT2D eigenvalue weighted by Crippen LogP contribution is -2.44. The first kappa shape index (κ1) is 17.2. The Morgan fingerprint density at radius 3 is 2.80 bits per heavy atom. The Morgan fingerprint density at radius 1 is 1.32 bits per heavy atom. The van der Waals surface area contributed by atoms with Crippen LogP contribution in [0.25, 0.3) is 10.6 Å². The van der Waals surface area contributed by atoms with Gasteiger partial charge in [-0.05, 0) is 24.1 Å². The molecule has 1 aliphatic heterocycles. The van der Waals surface area contributed by atoms with Gasteiger partial charge in [0, 0.05) is 10.9 Å². The number of aromatic nitrogens is 1. The number of hydrogen-bond donors (Lipinski definition) is 2. The van der Waals surface area contributed by atoms with Crippen molar-refractivity contribution in [1.29, 1.82) is 0 Å². The number of amides is 1. The number of carboxylic acid groups (broad SMARTS) is 1. The number of nitrogens with one attached hydrogen (secondary N) is 1. The number of nitrogens with zero attached hydrogens (tertiary/aromatic N) is 1. The van der Waals surface area contributed by atoms with Gasteiger partial charge in [0.15, 0.2) is 11.5 Å². The molecule has 0 unspecified atom stereocenters. The van der Waals surface area contributed by atoms with Crippen LogP contribution >= 0.6 is 11.3 Å². The first-order chi connectivity index (χ1) is 11.9. The normalized spacial score (nSPS) is 13.7. The summed E-state index contributed by atoms with van der Waals surface area (Å²) in [5, 5.41) is 14.2. The number of aliphatic carboxylic acids is 1. The molecule has 0 saturated heterocycles. The Labute approximate surface area is 148 Å². The summed E-state index contributed by atoms with van der Waals surface area (Å²) in [4.78, 5) is 27.7. The SMILES string of the molecule is CC(C)[C@H](NC(=O)Cc1csc(-c2ccc3c(c2)OCO3)n1)C(=O)O. The van der Waals surface area contributed by atoms with Crippen LogP contribution in [0.3, 0.4) is 0 Å². The molecule has 7 nitrogen and oxygen atoms in total. The van der Waals surface area contributed by atoms with E-state index in [1.54, 1.807) is 19.2 Å². The Bertz CT molecular complexity index is 802. The number of ether oxygens (including phenoxy) is 2. The molecule has 1 aliphatic rings. The highest BCUT2D eigenvalue weighted by Gasteiger charge is 2.24. The summed E-state index contributed by atoms with van der Waals surface area (Å²) in [7, 11) is 0. The van der Waals surface area contributed by atoms with E-state index >= 15 is 0 Å². The average molecular weight is 362 g/mol. The average Bonchev–Trinajstić information content (AvgIpc) is 3.20. The molecule has 0 bridgehead atoms. The quantitative estimate of drug-likeness (QED) is 0.818. The maximum Gasteiger partial charge on any atom is 0.326 e. The second-order valence-corrected chi connectivity index (χ2v) is 6.87. The van der Waals surface area contributed by atoms with Gasteiger partial charge in [-0.2, -0.15) is 0 Å². The van der Waals surface area contributed by atoms with E-state index in [4.69, 9.17) is 14.6 Å². The summed E-state index contributed by atoms with van der Waals surface area (Å²) in [6.07, 6.45) is 0.0392. The van der Waals surface area contributed by atoms with Gasteiger partial charge < -0.3 is 19.9 Å². The standard InChI is InChI=1S/C17H18N2O5S/c1-9(2)15(17(21)22)19-14(20)6-11-7-25-16(18-11)10-3-4-12-13(5-10)24-8-23-12/h3-5,7,9,15H,6,8H2,1-2H3,(H,19,20)(H,21,22)/t15-/m0/s1. The lowest BCUT2D eigenvalue weighted by atomic mass is 10.0. The number of hydrogen-bond acceptors (Lipinski definition) is 6. The molecule has 2 N–H and O–H groups in total. The zero-order valence-corrected chi connectivity index (χ0v) is 14.6. The van der Waals surface area contributed by atoms with Gasteiger partial charge in [-0.1, -0.05) is 13.8 Å². The molecule has 3 rings (SSSR count). The number of carbonyl (C=O) groups is 2. The smallest absolute Gasteiger partial charge is 0.326 e. The molecular formula is C17H18N2O5S. The highest BCUT2D eigenvalue weighted by atomic mass is 32.1. The van der Waals surface area contributed by atoms with E-state index in [1.807, 2.05) is 18.2 Å². The second kappa shape index (κ2) is 7.10. The fourth-order valence-corrected chi connectivity index (χ4v) is 3.27. The number of rotatable bonds is 6. The van der Waals surface area contributed by atoms with Crippen LogP contribution < -0.4 is 14.8 Å². The Hall–Kier alpha value is -2.61. The molecule has 2 aromatic rings. The van der Waals surface area contributed by atoms with Gasteiger partial charge in [0.2, 0.25) is 12.7 Å². The van der Waals surface area contributed by atoms with Crippen LogP contribution in [0.4, 0.5) is 0 Å². The molecule has 132 valence electrons. The number of benzene rings is 1. The van der Waals surface area contributed by atoms with Crippen molar-refractivity contribution in [3.63, 3.8) is 0 Å². The van der Waals surface area contributed by atoms with Crippen LogP contribution in [0.2, 0.25) is 0 Å². The van der Waals surface area contributed by atoms with Crippen LogP contribution in [0.1, 0.15) is 19.5 Å². The van der Waals surface area contributed by atoms with Crippen LogP contribution in [-0.4, -0.2) is 34.8 Å². The van der Waals surface area contributed by atoms with Crippen LogP contribution in [0.5, 0.6) is 11.5 Å². The van der Waals surface area contributed by atoms with E-state index in [2.05, 4.69) is 10.3 Å². The number of fused-ring (bicyclic) bond motifs is 1. The summed E-state index contributed by atoms with van der Waals surface area (Å²) in [6.45, 7) is 3.71. The fraction of sp³-hybridized carbons (Fsp3) is 0.353. The van der Waals surface area contributed by atoms with Crippen molar-refractivity contribution in [3.05, 3.63) is 29.3 Å². The van der Waals surface area contributed by atoms with Crippen molar-refractivity contribution < 1.29 is 24.2 Å². The van der Waals surface area contributed by atoms with Crippen LogP contribution in [-0.2, 0) is 16.0 Å². The van der Waals surface area contributed by atoms with Gasteiger partial charge in [-0.15, -0.1) is 11.3 Å². The van der Waals surface area contributed by atoms with Crippen LogP contribution in [0.15, 0.2) is 23.6 Å². The first-order valence-corrected chi connectivity index (χ1v) is 8.68. The Balaban J connectivity index is 1.67. The lowest BCUT2D eigenvalue weighted by Gasteiger charge is -2.17. The zero-order valence-electron chi connectivity index (χ0n) is 13.8. The predicted octanol–water partition coefficient (Wildman–Crippen LogP) is 2.31. The van der Waals surface area contributed by atoms with Crippen molar-refractivity contribution >= 4 is 23.2 Å². The predicted molar refractivity (Wildman–Crippen MR) is 91.8 cm³/mol. The third-order valence-corrected chi connectivity index (χ3v) is 4.70. The lowest BCUT2D eigenvalue weighted by molar-refractivity contribution is -0.143. The highest BCUT2D eigenvalue weighted by molar-refractivity contribution is 7.13. The van der Waals surface area contributed by atoms with E-state index in [9.17, 15) is 9.59 Å². The van der Waals surface area contributed by atoms with E-state index in [-0.39, 0.29) is 25.0 Å². The fourth-order valence-electron chi connectivity index (χ4n) is 2.45. The molecule has 2 heterocycles. The number of carboxylic acids is 1. The summed E-state index contributed by atoms with van der Waals surface area (Å²) in [6, 6.07) is 4.66. The molecule has 0 aliphatic carbocycles. The number of carbonyl (C=O) groups excluding carboxylic acids is 1. The molecule has 0 spiro atoms. The molecule has 1 atom stereocenters. The molecule has 25 heavy (non-hydrogen) atoms. The maximum absolute atomic E-state index is 12.1. The zero-order chi connectivity index (χ0) is 18.0. The molecule has 0 radical (unpaired) electrons. The minimum atomic E-state index is -1.04.